The van der Waals surface area contributed by atoms with Gasteiger partial charge in [-0.1, -0.05) is 34.1 Å². The van der Waals surface area contributed by atoms with Crippen molar-refractivity contribution >= 4 is 54.4 Å². The third kappa shape index (κ3) is 3.27. The minimum atomic E-state index is -0.298. The molecular weight excluding hydrogens is 412 g/mol. The molecule has 1 unspecified atom stereocenters. The fraction of sp³-hybridized carbons (Fsp3) is 0.200. The number of carbonyl (C=O) groups is 1. The van der Waals surface area contributed by atoms with E-state index in [2.05, 4.69) is 44.9 Å². The fourth-order valence-electron chi connectivity index (χ4n) is 3.19. The average Bonchev–Trinajstić information content (AvgIpc) is 3.15. The highest BCUT2D eigenvalue weighted by Crippen LogP contribution is 2.32. The Morgan fingerprint density at radius 2 is 2.12 bits per heavy atom. The van der Waals surface area contributed by atoms with Crippen LogP contribution in [0.15, 0.2) is 53.1 Å². The van der Waals surface area contributed by atoms with E-state index in [4.69, 9.17) is 9.72 Å². The van der Waals surface area contributed by atoms with Crippen LogP contribution in [0.3, 0.4) is 0 Å². The normalized spacial score (nSPS) is 12.6. The van der Waals surface area contributed by atoms with E-state index in [1.165, 1.54) is 11.6 Å². The van der Waals surface area contributed by atoms with Gasteiger partial charge in [-0.25, -0.2) is 4.98 Å². The first kappa shape index (κ1) is 17.2. The molecule has 0 saturated carbocycles. The number of nitrogens with zero attached hydrogens (tertiary/aromatic N) is 2. The van der Waals surface area contributed by atoms with E-state index in [0.29, 0.717) is 6.54 Å². The van der Waals surface area contributed by atoms with E-state index >= 15 is 0 Å². The van der Waals surface area contributed by atoms with Gasteiger partial charge in [0.2, 0.25) is 0 Å². The molecule has 2 aromatic carbocycles. The first-order valence-electron chi connectivity index (χ1n) is 8.31. The van der Waals surface area contributed by atoms with Gasteiger partial charge in [-0.3, -0.25) is 4.79 Å². The lowest BCUT2D eigenvalue weighted by molar-refractivity contribution is -0.145. The van der Waals surface area contributed by atoms with Crippen molar-refractivity contribution in [3.8, 4) is 0 Å². The minimum absolute atomic E-state index is 0.276. The number of ether oxygens (including phenoxy) is 1. The summed E-state index contributed by atoms with van der Waals surface area (Å²) in [5.74, 6) is -0.276. The summed E-state index contributed by atoms with van der Waals surface area (Å²) < 4.78 is 9.79. The third-order valence-corrected chi connectivity index (χ3v) is 5.81. The lowest BCUT2D eigenvalue weighted by Gasteiger charge is -2.10. The largest absolute Gasteiger partial charge is 0.458 e. The van der Waals surface area contributed by atoms with Crippen LogP contribution in [0.1, 0.15) is 30.5 Å². The maximum absolute atomic E-state index is 11.4. The Hall–Kier alpha value is -2.18. The molecule has 0 bridgehead atoms. The molecule has 0 spiro atoms. The molecule has 0 amide bonds. The van der Waals surface area contributed by atoms with Gasteiger partial charge >= 0.3 is 5.97 Å². The van der Waals surface area contributed by atoms with E-state index in [-0.39, 0.29) is 12.1 Å². The van der Waals surface area contributed by atoms with Crippen molar-refractivity contribution in [3.05, 3.63) is 63.7 Å². The van der Waals surface area contributed by atoms with Crippen LogP contribution >= 0.6 is 27.3 Å². The van der Waals surface area contributed by atoms with Gasteiger partial charge in [0.1, 0.15) is 11.1 Å². The van der Waals surface area contributed by atoms with E-state index in [0.717, 1.165) is 31.5 Å². The van der Waals surface area contributed by atoms with Crippen LogP contribution in [0.25, 0.3) is 21.1 Å². The van der Waals surface area contributed by atoms with Crippen LogP contribution in [0.2, 0.25) is 0 Å². The monoisotopic (exact) mass is 428 g/mol. The number of esters is 1. The Morgan fingerprint density at radius 3 is 2.88 bits per heavy atom. The Labute approximate surface area is 163 Å². The maximum atomic E-state index is 11.4. The topological polar surface area (TPSA) is 44.1 Å². The average molecular weight is 429 g/mol. The van der Waals surface area contributed by atoms with Gasteiger partial charge in [0.25, 0.3) is 0 Å². The Balaban J connectivity index is 1.78. The summed E-state index contributed by atoms with van der Waals surface area (Å²) >= 11 is 5.26. The van der Waals surface area contributed by atoms with Gasteiger partial charge in [-0.15, -0.1) is 11.3 Å². The molecule has 4 aromatic rings. The molecule has 4 nitrogen and oxygen atoms in total. The van der Waals surface area contributed by atoms with Crippen molar-refractivity contribution in [2.75, 3.05) is 0 Å². The van der Waals surface area contributed by atoms with E-state index in [1.54, 1.807) is 11.3 Å². The molecule has 0 aliphatic heterocycles. The molecule has 0 aliphatic carbocycles. The number of benzene rings is 2. The number of carbonyl (C=O) groups excluding carboxylic acids is 1. The van der Waals surface area contributed by atoms with Gasteiger partial charge in [0.15, 0.2) is 0 Å². The van der Waals surface area contributed by atoms with Crippen LogP contribution in [0.5, 0.6) is 0 Å². The summed E-state index contributed by atoms with van der Waals surface area (Å²) in [6, 6.07) is 14.3. The second-order valence-corrected chi connectivity index (χ2v) is 8.23. The molecule has 0 aliphatic rings. The molecule has 2 heterocycles. The Bertz CT molecular complexity index is 1080. The molecule has 0 N–H and O–H groups in total. The molecule has 0 radical (unpaired) electrons. The maximum Gasteiger partial charge on any atom is 0.303 e. The highest BCUT2D eigenvalue weighted by atomic mass is 79.9. The standard InChI is InChI=1S/C20H17BrN2O2S/c1-12(25-13(2)24)16-10-23(18-9-14(21)7-8-15(16)18)11-20-22-17-5-3-4-6-19(17)26-20/h3-10,12H,11H2,1-2H3. The number of para-hydroxylation sites is 1. The van der Waals surface area contributed by atoms with E-state index in [9.17, 15) is 4.79 Å². The Morgan fingerprint density at radius 1 is 1.31 bits per heavy atom. The third-order valence-electron chi connectivity index (χ3n) is 4.30. The van der Waals surface area contributed by atoms with Crippen molar-refractivity contribution in [2.24, 2.45) is 0 Å². The quantitative estimate of drug-likeness (QED) is 0.392. The van der Waals surface area contributed by atoms with Crippen LogP contribution < -0.4 is 0 Å². The fourth-order valence-corrected chi connectivity index (χ4v) is 4.51. The van der Waals surface area contributed by atoms with Gasteiger partial charge in [-0.05, 0) is 31.2 Å². The van der Waals surface area contributed by atoms with Crippen molar-refractivity contribution in [1.82, 2.24) is 9.55 Å². The lowest BCUT2D eigenvalue weighted by Crippen LogP contribution is -2.04. The number of thiazole rings is 1. The minimum Gasteiger partial charge on any atom is -0.458 e. The molecule has 2 aromatic heterocycles. The van der Waals surface area contributed by atoms with Gasteiger partial charge in [0, 0.05) is 34.1 Å². The number of hydrogen-bond acceptors (Lipinski definition) is 4. The summed E-state index contributed by atoms with van der Waals surface area (Å²) in [7, 11) is 0. The number of fused-ring (bicyclic) bond motifs is 2. The summed E-state index contributed by atoms with van der Waals surface area (Å²) in [6.45, 7) is 4.02. The summed E-state index contributed by atoms with van der Waals surface area (Å²) in [5.41, 5.74) is 3.12. The van der Waals surface area contributed by atoms with E-state index in [1.807, 2.05) is 31.2 Å². The second kappa shape index (κ2) is 6.85. The SMILES string of the molecule is CC(=O)OC(C)c1cn(Cc2nc3ccccc3s2)c2cc(Br)ccc12. The van der Waals surface area contributed by atoms with E-state index < -0.39 is 0 Å². The summed E-state index contributed by atoms with van der Waals surface area (Å²) in [4.78, 5) is 16.1. The summed E-state index contributed by atoms with van der Waals surface area (Å²) in [5, 5.41) is 2.14. The highest BCUT2D eigenvalue weighted by Gasteiger charge is 2.17. The van der Waals surface area contributed by atoms with Crippen molar-refractivity contribution < 1.29 is 9.53 Å². The zero-order valence-corrected chi connectivity index (χ0v) is 16.8. The highest BCUT2D eigenvalue weighted by molar-refractivity contribution is 9.10. The number of halogens is 1. The molecular formula is C20H17BrN2O2S. The molecule has 1 atom stereocenters. The zero-order chi connectivity index (χ0) is 18.3. The van der Waals surface area contributed by atoms with Crippen LogP contribution in [0, 0.1) is 0 Å². The summed E-state index contributed by atoms with van der Waals surface area (Å²) in [6.07, 6.45) is 1.77. The first-order valence-corrected chi connectivity index (χ1v) is 9.92. The second-order valence-electron chi connectivity index (χ2n) is 6.20. The molecule has 4 rings (SSSR count). The number of hydrogen-bond donors (Lipinski definition) is 0. The van der Waals surface area contributed by atoms with Gasteiger partial charge in [0.05, 0.1) is 16.8 Å². The van der Waals surface area contributed by atoms with Gasteiger partial charge < -0.3 is 9.30 Å². The molecule has 6 heteroatoms. The first-order chi connectivity index (χ1) is 12.5. The molecule has 132 valence electrons. The predicted octanol–water partition coefficient (Wildman–Crippen LogP) is 5.69. The van der Waals surface area contributed by atoms with Crippen molar-refractivity contribution in [3.63, 3.8) is 0 Å². The smallest absolute Gasteiger partial charge is 0.303 e. The number of rotatable bonds is 4. The lowest BCUT2D eigenvalue weighted by atomic mass is 10.1. The van der Waals surface area contributed by atoms with Gasteiger partial charge in [-0.2, -0.15) is 0 Å². The predicted molar refractivity (Wildman–Crippen MR) is 109 cm³/mol. The number of aromatic nitrogens is 2. The zero-order valence-electron chi connectivity index (χ0n) is 14.4. The van der Waals surface area contributed by atoms with Crippen molar-refractivity contribution in [1.29, 1.82) is 0 Å². The molecule has 0 saturated heterocycles. The molecule has 26 heavy (non-hydrogen) atoms. The van der Waals surface area contributed by atoms with Crippen LogP contribution in [0.4, 0.5) is 0 Å². The van der Waals surface area contributed by atoms with Crippen LogP contribution in [-0.4, -0.2) is 15.5 Å². The van der Waals surface area contributed by atoms with Crippen LogP contribution in [-0.2, 0) is 16.1 Å². The Kier molecular flexibility index (Phi) is 4.54. The molecule has 0 fully saturated rings. The van der Waals surface area contributed by atoms with Crippen molar-refractivity contribution in [2.45, 2.75) is 26.5 Å².